The van der Waals surface area contributed by atoms with Crippen molar-refractivity contribution in [1.29, 1.82) is 0 Å². The Morgan fingerprint density at radius 3 is 2.70 bits per heavy atom. The highest BCUT2D eigenvalue weighted by molar-refractivity contribution is 5.88. The summed E-state index contributed by atoms with van der Waals surface area (Å²) >= 11 is 0. The van der Waals surface area contributed by atoms with E-state index in [4.69, 9.17) is 0 Å². The summed E-state index contributed by atoms with van der Waals surface area (Å²) in [7, 11) is 0. The van der Waals surface area contributed by atoms with E-state index in [0.717, 1.165) is 0 Å². The van der Waals surface area contributed by atoms with Gasteiger partial charge in [-0.2, -0.15) is 0 Å². The zero-order valence-corrected chi connectivity index (χ0v) is 12.9. The van der Waals surface area contributed by atoms with E-state index in [2.05, 4.69) is 12.2 Å². The van der Waals surface area contributed by atoms with Gasteiger partial charge in [-0.25, -0.2) is 0 Å². The van der Waals surface area contributed by atoms with Crippen molar-refractivity contribution in [3.8, 4) is 0 Å². The van der Waals surface area contributed by atoms with Gasteiger partial charge >= 0.3 is 0 Å². The van der Waals surface area contributed by atoms with E-state index in [0.29, 0.717) is 37.8 Å². The van der Waals surface area contributed by atoms with E-state index in [9.17, 15) is 9.59 Å². The Morgan fingerprint density at radius 2 is 2.05 bits per heavy atom. The zero-order valence-electron chi connectivity index (χ0n) is 12.9. The molecule has 2 rings (SSSR count). The summed E-state index contributed by atoms with van der Waals surface area (Å²) in [4.78, 5) is 26.1. The molecule has 0 aromatic heterocycles. The number of hydrogen-bond acceptors (Lipinski definition) is 2. The van der Waals surface area contributed by atoms with E-state index in [1.54, 1.807) is 4.90 Å². The van der Waals surface area contributed by atoms with Gasteiger partial charge in [0.2, 0.25) is 11.8 Å². The first kappa shape index (κ1) is 15.3. The van der Waals surface area contributed by atoms with Gasteiger partial charge in [0.1, 0.15) is 6.04 Å². The van der Waals surface area contributed by atoms with Gasteiger partial charge in [-0.15, -0.1) is 0 Å². The maximum atomic E-state index is 12.5. The molecule has 0 bridgehead atoms. The fourth-order valence-electron chi connectivity index (χ4n) is 3.68. The highest BCUT2D eigenvalue weighted by Crippen LogP contribution is 2.32. The molecule has 0 aromatic rings. The number of hydrogen-bond donors (Lipinski definition) is 1. The predicted octanol–water partition coefficient (Wildman–Crippen LogP) is 2.33. The number of nitrogens with one attached hydrogen (secondary N) is 1. The summed E-state index contributed by atoms with van der Waals surface area (Å²) < 4.78 is 0. The number of rotatable bonds is 4. The van der Waals surface area contributed by atoms with Crippen LogP contribution in [0.5, 0.6) is 0 Å². The molecular weight excluding hydrogens is 252 g/mol. The molecule has 2 amide bonds. The van der Waals surface area contributed by atoms with Gasteiger partial charge in [0, 0.05) is 19.5 Å². The Balaban J connectivity index is 1.90. The highest BCUT2D eigenvalue weighted by atomic mass is 16.2. The van der Waals surface area contributed by atoms with Crippen LogP contribution in [-0.4, -0.2) is 35.8 Å². The molecule has 114 valence electrons. The monoisotopic (exact) mass is 280 g/mol. The molecular formula is C16H28N2O2. The average molecular weight is 280 g/mol. The zero-order chi connectivity index (χ0) is 14.5. The molecule has 0 spiro atoms. The third-order valence-electron chi connectivity index (χ3n) is 4.99. The maximum absolute atomic E-state index is 12.5. The Kier molecular flexibility index (Phi) is 5.44. The van der Waals surface area contributed by atoms with Crippen molar-refractivity contribution in [2.45, 2.75) is 64.8 Å². The van der Waals surface area contributed by atoms with Crippen LogP contribution in [0.25, 0.3) is 0 Å². The summed E-state index contributed by atoms with van der Waals surface area (Å²) in [5.74, 6) is 1.33. The molecule has 1 saturated carbocycles. The van der Waals surface area contributed by atoms with Gasteiger partial charge in [0.05, 0.1) is 0 Å². The molecule has 20 heavy (non-hydrogen) atoms. The Morgan fingerprint density at radius 1 is 1.35 bits per heavy atom. The molecule has 2 aliphatic rings. The number of nitrogens with zero attached hydrogens (tertiary/aromatic N) is 1. The van der Waals surface area contributed by atoms with Gasteiger partial charge in [0.15, 0.2) is 0 Å². The molecule has 1 aliphatic heterocycles. The van der Waals surface area contributed by atoms with Crippen molar-refractivity contribution in [3.63, 3.8) is 0 Å². The molecule has 1 N–H and O–H groups in total. The minimum absolute atomic E-state index is 0.0115. The Bertz CT molecular complexity index is 350. The first-order valence-corrected chi connectivity index (χ1v) is 8.20. The van der Waals surface area contributed by atoms with Crippen molar-refractivity contribution >= 4 is 11.8 Å². The van der Waals surface area contributed by atoms with E-state index in [-0.39, 0.29) is 17.9 Å². The highest BCUT2D eigenvalue weighted by Gasteiger charge is 2.33. The van der Waals surface area contributed by atoms with Gasteiger partial charge in [-0.3, -0.25) is 9.59 Å². The molecule has 2 fully saturated rings. The number of piperazine rings is 1. The lowest BCUT2D eigenvalue weighted by atomic mass is 9.79. The van der Waals surface area contributed by atoms with Crippen LogP contribution in [0.1, 0.15) is 58.8 Å². The Labute approximate surface area is 122 Å². The lowest BCUT2D eigenvalue weighted by Gasteiger charge is -2.36. The minimum atomic E-state index is -0.255. The number of amides is 2. The van der Waals surface area contributed by atoms with Crippen LogP contribution in [0.3, 0.4) is 0 Å². The molecule has 0 radical (unpaired) electrons. The third kappa shape index (κ3) is 3.53. The fraction of sp³-hybridized carbons (Fsp3) is 0.875. The average Bonchev–Trinajstić information content (AvgIpc) is 2.47. The fourth-order valence-corrected chi connectivity index (χ4v) is 3.68. The standard InChI is InChI=1S/C16H28N2O2/c1-3-14-16(20)17-9-10-18(14)15(19)11-12(2)13-7-5-4-6-8-13/h12-14H,3-11H2,1-2H3,(H,17,20)/t12-,14-/m0/s1. The van der Waals surface area contributed by atoms with Crippen LogP contribution < -0.4 is 5.32 Å². The first-order chi connectivity index (χ1) is 9.63. The van der Waals surface area contributed by atoms with Gasteiger partial charge in [-0.05, 0) is 18.3 Å². The lowest BCUT2D eigenvalue weighted by molar-refractivity contribution is -0.144. The van der Waals surface area contributed by atoms with Crippen LogP contribution in [0.4, 0.5) is 0 Å². The van der Waals surface area contributed by atoms with Crippen molar-refractivity contribution in [1.82, 2.24) is 10.2 Å². The summed E-state index contributed by atoms with van der Waals surface area (Å²) in [5.41, 5.74) is 0. The molecule has 2 atom stereocenters. The summed E-state index contributed by atoms with van der Waals surface area (Å²) in [6, 6.07) is -0.255. The molecule has 1 saturated heterocycles. The first-order valence-electron chi connectivity index (χ1n) is 8.20. The van der Waals surface area contributed by atoms with E-state index < -0.39 is 0 Å². The molecule has 4 nitrogen and oxygen atoms in total. The second-order valence-corrected chi connectivity index (χ2v) is 6.38. The number of carbonyl (C=O) groups excluding carboxylic acids is 2. The molecule has 0 aromatic carbocycles. The van der Waals surface area contributed by atoms with Crippen LogP contribution in [0, 0.1) is 11.8 Å². The molecule has 0 unspecified atom stereocenters. The maximum Gasteiger partial charge on any atom is 0.242 e. The predicted molar refractivity (Wildman–Crippen MR) is 79.2 cm³/mol. The van der Waals surface area contributed by atoms with E-state index >= 15 is 0 Å². The van der Waals surface area contributed by atoms with E-state index in [1.807, 2.05) is 6.92 Å². The summed E-state index contributed by atoms with van der Waals surface area (Å²) in [6.45, 7) is 5.44. The largest absolute Gasteiger partial charge is 0.353 e. The van der Waals surface area contributed by atoms with Crippen molar-refractivity contribution < 1.29 is 9.59 Å². The quantitative estimate of drug-likeness (QED) is 0.859. The van der Waals surface area contributed by atoms with Crippen LogP contribution in [-0.2, 0) is 9.59 Å². The molecule has 4 heteroatoms. The van der Waals surface area contributed by atoms with Gasteiger partial charge in [-0.1, -0.05) is 46.0 Å². The van der Waals surface area contributed by atoms with Crippen molar-refractivity contribution in [3.05, 3.63) is 0 Å². The third-order valence-corrected chi connectivity index (χ3v) is 4.99. The van der Waals surface area contributed by atoms with Gasteiger partial charge < -0.3 is 10.2 Å². The number of carbonyl (C=O) groups is 2. The normalized spacial score (nSPS) is 26.2. The van der Waals surface area contributed by atoms with Crippen molar-refractivity contribution in [2.75, 3.05) is 13.1 Å². The van der Waals surface area contributed by atoms with Gasteiger partial charge in [0.25, 0.3) is 0 Å². The minimum Gasteiger partial charge on any atom is -0.353 e. The topological polar surface area (TPSA) is 49.4 Å². The van der Waals surface area contributed by atoms with Crippen molar-refractivity contribution in [2.24, 2.45) is 11.8 Å². The van der Waals surface area contributed by atoms with Crippen LogP contribution in [0.2, 0.25) is 0 Å². The SMILES string of the molecule is CC[C@H]1C(=O)NCCN1C(=O)C[C@H](C)C1CCCCC1. The second kappa shape index (κ2) is 7.09. The smallest absolute Gasteiger partial charge is 0.242 e. The lowest BCUT2D eigenvalue weighted by Crippen LogP contribution is -2.57. The molecule has 1 heterocycles. The van der Waals surface area contributed by atoms with Crippen LogP contribution >= 0.6 is 0 Å². The molecule has 1 aliphatic carbocycles. The summed E-state index contributed by atoms with van der Waals surface area (Å²) in [5, 5.41) is 2.85. The van der Waals surface area contributed by atoms with Crippen LogP contribution in [0.15, 0.2) is 0 Å². The Hall–Kier alpha value is -1.06. The summed E-state index contributed by atoms with van der Waals surface area (Å²) in [6.07, 6.45) is 7.82. The second-order valence-electron chi connectivity index (χ2n) is 6.38. The van der Waals surface area contributed by atoms with E-state index in [1.165, 1.54) is 32.1 Å².